The van der Waals surface area contributed by atoms with E-state index in [-0.39, 0.29) is 0 Å². The van der Waals surface area contributed by atoms with Gasteiger partial charge in [-0.25, -0.2) is 9.97 Å². The number of hydrogen-bond acceptors (Lipinski definition) is 7. The predicted molar refractivity (Wildman–Crippen MR) is 131 cm³/mol. The number of rotatable bonds is 7. The molecule has 0 amide bonds. The third kappa shape index (κ3) is 5.07. The molecular weight excluding hydrogens is 412 g/mol. The number of hydrogen-bond donors (Lipinski definition) is 3. The summed E-state index contributed by atoms with van der Waals surface area (Å²) < 4.78 is 1.96. The fourth-order valence-electron chi connectivity index (χ4n) is 3.60. The van der Waals surface area contributed by atoms with E-state index in [1.54, 1.807) is 6.20 Å². The number of nitrogens with zero attached hydrogens (tertiary/aromatic N) is 5. The molecule has 5 rings (SSSR count). The SMILES string of the molecule is Cc1cc(C)nc(Nc2nc(NCc3ccccc3)cc(Nc3ccn4ccnc4c3)n2)c1. The Labute approximate surface area is 191 Å². The van der Waals surface area contributed by atoms with E-state index in [9.17, 15) is 0 Å². The predicted octanol–water partition coefficient (Wildman–Crippen LogP) is 5.24. The number of pyridine rings is 2. The largest absolute Gasteiger partial charge is 0.366 e. The second-order valence-electron chi connectivity index (χ2n) is 7.83. The van der Waals surface area contributed by atoms with Gasteiger partial charge in [-0.05, 0) is 43.2 Å². The molecule has 3 N–H and O–H groups in total. The maximum atomic E-state index is 4.67. The fraction of sp³-hybridized carbons (Fsp3) is 0.120. The summed E-state index contributed by atoms with van der Waals surface area (Å²) in [5.41, 5.74) is 4.96. The van der Waals surface area contributed by atoms with E-state index >= 15 is 0 Å². The minimum atomic E-state index is 0.454. The minimum Gasteiger partial charge on any atom is -0.366 e. The average Bonchev–Trinajstić information content (AvgIpc) is 3.25. The zero-order valence-corrected chi connectivity index (χ0v) is 18.4. The first-order valence-corrected chi connectivity index (χ1v) is 10.7. The Morgan fingerprint density at radius 3 is 2.45 bits per heavy atom. The van der Waals surface area contributed by atoms with Crippen LogP contribution >= 0.6 is 0 Å². The fourth-order valence-corrected chi connectivity index (χ4v) is 3.60. The molecule has 4 heterocycles. The Bertz CT molecular complexity index is 1370. The van der Waals surface area contributed by atoms with Gasteiger partial charge in [-0.15, -0.1) is 0 Å². The van der Waals surface area contributed by atoms with Gasteiger partial charge in [-0.1, -0.05) is 30.3 Å². The van der Waals surface area contributed by atoms with Crippen LogP contribution in [0.15, 0.2) is 79.3 Å². The highest BCUT2D eigenvalue weighted by Crippen LogP contribution is 2.22. The quantitative estimate of drug-likeness (QED) is 0.321. The van der Waals surface area contributed by atoms with E-state index in [0.29, 0.717) is 29.9 Å². The van der Waals surface area contributed by atoms with Crippen LogP contribution in [0.3, 0.4) is 0 Å². The first kappa shape index (κ1) is 20.4. The average molecular weight is 437 g/mol. The van der Waals surface area contributed by atoms with E-state index in [1.807, 2.05) is 79.2 Å². The monoisotopic (exact) mass is 436 g/mol. The molecule has 0 aliphatic heterocycles. The Hall–Kier alpha value is -4.46. The zero-order valence-electron chi connectivity index (χ0n) is 18.4. The van der Waals surface area contributed by atoms with Crippen LogP contribution in [0, 0.1) is 13.8 Å². The van der Waals surface area contributed by atoms with E-state index in [0.717, 1.165) is 22.6 Å². The van der Waals surface area contributed by atoms with Gasteiger partial charge in [-0.3, -0.25) is 0 Å². The molecule has 0 saturated heterocycles. The van der Waals surface area contributed by atoms with Gasteiger partial charge in [0, 0.05) is 48.6 Å². The van der Waals surface area contributed by atoms with Crippen LogP contribution in [0.1, 0.15) is 16.8 Å². The molecule has 1 aromatic carbocycles. The van der Waals surface area contributed by atoms with Crippen LogP contribution in [-0.4, -0.2) is 24.3 Å². The first-order chi connectivity index (χ1) is 16.1. The minimum absolute atomic E-state index is 0.454. The highest BCUT2D eigenvalue weighted by molar-refractivity contribution is 5.65. The molecule has 8 nitrogen and oxygen atoms in total. The molecule has 4 aromatic heterocycles. The van der Waals surface area contributed by atoms with Gasteiger partial charge in [0.1, 0.15) is 23.1 Å². The van der Waals surface area contributed by atoms with Crippen molar-refractivity contribution in [3.05, 3.63) is 96.1 Å². The lowest BCUT2D eigenvalue weighted by molar-refractivity contribution is 1.08. The Morgan fingerprint density at radius 1 is 0.788 bits per heavy atom. The van der Waals surface area contributed by atoms with Crippen LogP contribution in [0.4, 0.5) is 29.1 Å². The Balaban J connectivity index is 1.44. The Kier molecular flexibility index (Phi) is 5.55. The standard InChI is InChI=1S/C25H24N8/c1-17-12-18(2)28-22(13-17)31-25-30-21(27-16-19-6-4-3-5-7-19)15-23(32-25)29-20-8-10-33-11-9-26-24(33)14-20/h3-15H,16H2,1-2H3,(H3,27,28,29,30,31,32). The smallest absolute Gasteiger partial charge is 0.232 e. The van der Waals surface area contributed by atoms with Crippen molar-refractivity contribution in [1.29, 1.82) is 0 Å². The first-order valence-electron chi connectivity index (χ1n) is 10.7. The molecular formula is C25H24N8. The Morgan fingerprint density at radius 2 is 1.61 bits per heavy atom. The lowest BCUT2D eigenvalue weighted by atomic mass is 10.2. The van der Waals surface area contributed by atoms with Crippen LogP contribution in [0.2, 0.25) is 0 Å². The van der Waals surface area contributed by atoms with Crippen LogP contribution in [-0.2, 0) is 6.54 Å². The van der Waals surface area contributed by atoms with Gasteiger partial charge in [-0.2, -0.15) is 9.97 Å². The summed E-state index contributed by atoms with van der Waals surface area (Å²) in [4.78, 5) is 18.2. The molecule has 0 unspecified atom stereocenters. The van der Waals surface area contributed by atoms with Crippen LogP contribution in [0.25, 0.3) is 5.65 Å². The maximum Gasteiger partial charge on any atom is 0.232 e. The van der Waals surface area contributed by atoms with Crippen molar-refractivity contribution in [3.8, 4) is 0 Å². The lowest BCUT2D eigenvalue weighted by Crippen LogP contribution is -2.07. The number of aryl methyl sites for hydroxylation is 2. The van der Waals surface area contributed by atoms with Crippen LogP contribution in [0.5, 0.6) is 0 Å². The molecule has 33 heavy (non-hydrogen) atoms. The summed E-state index contributed by atoms with van der Waals surface area (Å²) in [5.74, 6) is 2.51. The van der Waals surface area contributed by atoms with Gasteiger partial charge in [0.25, 0.3) is 0 Å². The van der Waals surface area contributed by atoms with Crippen molar-refractivity contribution in [2.45, 2.75) is 20.4 Å². The molecule has 0 atom stereocenters. The molecule has 0 saturated carbocycles. The van der Waals surface area contributed by atoms with Crippen molar-refractivity contribution in [1.82, 2.24) is 24.3 Å². The summed E-state index contributed by atoms with van der Waals surface area (Å²) in [6.45, 7) is 4.66. The van der Waals surface area contributed by atoms with E-state index in [4.69, 9.17) is 0 Å². The highest BCUT2D eigenvalue weighted by Gasteiger charge is 2.08. The van der Waals surface area contributed by atoms with Gasteiger partial charge in [0.2, 0.25) is 5.95 Å². The molecule has 8 heteroatoms. The summed E-state index contributed by atoms with van der Waals surface area (Å²) in [7, 11) is 0. The normalized spacial score (nSPS) is 10.8. The van der Waals surface area contributed by atoms with E-state index < -0.39 is 0 Å². The second kappa shape index (κ2) is 8.96. The lowest BCUT2D eigenvalue weighted by Gasteiger charge is -2.13. The van der Waals surface area contributed by atoms with Crippen molar-refractivity contribution < 1.29 is 0 Å². The van der Waals surface area contributed by atoms with Gasteiger partial charge in [0.15, 0.2) is 0 Å². The molecule has 0 aliphatic rings. The van der Waals surface area contributed by atoms with Crippen molar-refractivity contribution >= 4 is 34.7 Å². The summed E-state index contributed by atoms with van der Waals surface area (Å²) in [6.07, 6.45) is 5.64. The maximum absolute atomic E-state index is 4.67. The van der Waals surface area contributed by atoms with Gasteiger partial charge >= 0.3 is 0 Å². The molecule has 0 radical (unpaired) electrons. The van der Waals surface area contributed by atoms with Crippen molar-refractivity contribution in [3.63, 3.8) is 0 Å². The van der Waals surface area contributed by atoms with Crippen LogP contribution < -0.4 is 16.0 Å². The summed E-state index contributed by atoms with van der Waals surface area (Å²) in [5, 5.41) is 10.0. The zero-order chi connectivity index (χ0) is 22.6. The molecule has 5 aromatic rings. The summed E-state index contributed by atoms with van der Waals surface area (Å²) >= 11 is 0. The third-order valence-corrected chi connectivity index (χ3v) is 5.05. The number of aromatic nitrogens is 5. The topological polar surface area (TPSA) is 92.1 Å². The third-order valence-electron chi connectivity index (χ3n) is 5.05. The number of imidazole rings is 1. The number of anilines is 5. The second-order valence-corrected chi connectivity index (χ2v) is 7.83. The molecule has 164 valence electrons. The van der Waals surface area contributed by atoms with Crippen molar-refractivity contribution in [2.24, 2.45) is 0 Å². The molecule has 0 fully saturated rings. The van der Waals surface area contributed by atoms with Gasteiger partial charge in [0.05, 0.1) is 0 Å². The summed E-state index contributed by atoms with van der Waals surface area (Å²) in [6, 6.07) is 20.0. The highest BCUT2D eigenvalue weighted by atomic mass is 15.2. The molecule has 0 bridgehead atoms. The number of benzene rings is 1. The van der Waals surface area contributed by atoms with Gasteiger partial charge < -0.3 is 20.4 Å². The van der Waals surface area contributed by atoms with E-state index in [2.05, 4.69) is 48.0 Å². The number of fused-ring (bicyclic) bond motifs is 1. The number of nitrogens with one attached hydrogen (secondary N) is 3. The molecule has 0 spiro atoms. The van der Waals surface area contributed by atoms with E-state index in [1.165, 1.54) is 5.56 Å². The molecule has 0 aliphatic carbocycles. The van der Waals surface area contributed by atoms with Crippen molar-refractivity contribution in [2.75, 3.05) is 16.0 Å².